The van der Waals surface area contributed by atoms with Crippen molar-refractivity contribution in [2.24, 2.45) is 5.41 Å². The standard InChI is InChI=1S/C15H26O6/c1-5-12(16)19-9-15(8-4,10-20-13(17)6-2)11-21-14(18)7-3/h5-11H2,1-4H3. The summed E-state index contributed by atoms with van der Waals surface area (Å²) in [5, 5.41) is 0. The molecule has 0 N–H and O–H groups in total. The molecule has 0 saturated heterocycles. The Hall–Kier alpha value is -1.59. The lowest BCUT2D eigenvalue weighted by Gasteiger charge is -2.31. The van der Waals surface area contributed by atoms with Gasteiger partial charge >= 0.3 is 17.9 Å². The fourth-order valence-electron chi connectivity index (χ4n) is 1.44. The zero-order valence-electron chi connectivity index (χ0n) is 13.4. The largest absolute Gasteiger partial charge is 0.465 e. The SMILES string of the molecule is CCC(=O)OCC(CC)(COC(=O)CC)COC(=O)CC. The molecule has 6 heteroatoms. The zero-order chi connectivity index (χ0) is 16.3. The van der Waals surface area contributed by atoms with Gasteiger partial charge in [0.1, 0.15) is 19.8 Å². The molecule has 0 atom stereocenters. The Balaban J connectivity index is 4.76. The molecule has 0 aromatic rings. The number of ether oxygens (including phenoxy) is 3. The van der Waals surface area contributed by atoms with Gasteiger partial charge in [0.05, 0.1) is 5.41 Å². The first-order valence-corrected chi connectivity index (χ1v) is 7.39. The molecule has 0 aromatic heterocycles. The summed E-state index contributed by atoms with van der Waals surface area (Å²) < 4.78 is 15.5. The van der Waals surface area contributed by atoms with E-state index in [1.165, 1.54) is 0 Å². The van der Waals surface area contributed by atoms with Gasteiger partial charge in [-0.3, -0.25) is 14.4 Å². The highest BCUT2D eigenvalue weighted by atomic mass is 16.6. The Kier molecular flexibility index (Phi) is 9.41. The van der Waals surface area contributed by atoms with Gasteiger partial charge < -0.3 is 14.2 Å². The van der Waals surface area contributed by atoms with Crippen LogP contribution in [0.2, 0.25) is 0 Å². The van der Waals surface area contributed by atoms with Crippen LogP contribution in [0.25, 0.3) is 0 Å². The molecule has 0 aliphatic carbocycles. The third-order valence-corrected chi connectivity index (χ3v) is 3.23. The first-order chi connectivity index (χ1) is 9.92. The topological polar surface area (TPSA) is 78.9 Å². The predicted molar refractivity (Wildman–Crippen MR) is 76.5 cm³/mol. The first kappa shape index (κ1) is 19.4. The second kappa shape index (κ2) is 10.2. The summed E-state index contributed by atoms with van der Waals surface area (Å²) in [6, 6.07) is 0. The average Bonchev–Trinajstić information content (AvgIpc) is 2.53. The maximum Gasteiger partial charge on any atom is 0.305 e. The minimum Gasteiger partial charge on any atom is -0.465 e. The van der Waals surface area contributed by atoms with Crippen LogP contribution in [0.15, 0.2) is 0 Å². The van der Waals surface area contributed by atoms with Crippen LogP contribution in [0.4, 0.5) is 0 Å². The van der Waals surface area contributed by atoms with Crippen LogP contribution >= 0.6 is 0 Å². The number of hydrogen-bond donors (Lipinski definition) is 0. The second-order valence-corrected chi connectivity index (χ2v) is 4.90. The van der Waals surface area contributed by atoms with Crippen LogP contribution in [0, 0.1) is 5.41 Å². The predicted octanol–water partition coefficient (Wildman–Crippen LogP) is 2.24. The molecule has 0 amide bonds. The molecule has 0 aliphatic heterocycles. The highest BCUT2D eigenvalue weighted by molar-refractivity contribution is 5.70. The molecule has 0 aromatic carbocycles. The lowest BCUT2D eigenvalue weighted by atomic mass is 9.88. The molecule has 6 nitrogen and oxygen atoms in total. The molecule has 0 heterocycles. The van der Waals surface area contributed by atoms with Gasteiger partial charge in [0.2, 0.25) is 0 Å². The summed E-state index contributed by atoms with van der Waals surface area (Å²) in [4.78, 5) is 34.0. The van der Waals surface area contributed by atoms with Crippen LogP contribution in [0.5, 0.6) is 0 Å². The molecule has 0 unspecified atom stereocenters. The normalized spacial score (nSPS) is 10.9. The van der Waals surface area contributed by atoms with Gasteiger partial charge in [-0.2, -0.15) is 0 Å². The summed E-state index contributed by atoms with van der Waals surface area (Å²) in [5.74, 6) is -1.01. The second-order valence-electron chi connectivity index (χ2n) is 4.90. The van der Waals surface area contributed by atoms with Gasteiger partial charge in [0, 0.05) is 19.3 Å². The third-order valence-electron chi connectivity index (χ3n) is 3.23. The number of carbonyl (C=O) groups excluding carboxylic acids is 3. The van der Waals surface area contributed by atoms with Crippen LogP contribution in [-0.4, -0.2) is 37.7 Å². The van der Waals surface area contributed by atoms with Crippen molar-refractivity contribution in [2.45, 2.75) is 53.4 Å². The van der Waals surface area contributed by atoms with E-state index in [0.29, 0.717) is 6.42 Å². The Bertz CT molecular complexity index is 300. The van der Waals surface area contributed by atoms with Crippen LogP contribution in [0.1, 0.15) is 53.4 Å². The molecule has 21 heavy (non-hydrogen) atoms. The van der Waals surface area contributed by atoms with E-state index in [2.05, 4.69) is 0 Å². The average molecular weight is 302 g/mol. The van der Waals surface area contributed by atoms with Crippen molar-refractivity contribution in [1.29, 1.82) is 0 Å². The summed E-state index contributed by atoms with van der Waals surface area (Å²) >= 11 is 0. The van der Waals surface area contributed by atoms with Crippen molar-refractivity contribution in [3.63, 3.8) is 0 Å². The Morgan fingerprint density at radius 3 is 1.14 bits per heavy atom. The molecule has 0 radical (unpaired) electrons. The van der Waals surface area contributed by atoms with E-state index in [1.54, 1.807) is 20.8 Å². The summed E-state index contributed by atoms with van der Waals surface area (Å²) in [6.07, 6.45) is 1.36. The van der Waals surface area contributed by atoms with E-state index in [0.717, 1.165) is 0 Å². The highest BCUT2D eigenvalue weighted by Crippen LogP contribution is 2.24. The number of carbonyl (C=O) groups is 3. The van der Waals surface area contributed by atoms with Crippen molar-refractivity contribution < 1.29 is 28.6 Å². The van der Waals surface area contributed by atoms with Gasteiger partial charge in [0.25, 0.3) is 0 Å². The van der Waals surface area contributed by atoms with Gasteiger partial charge in [0.15, 0.2) is 0 Å². The Labute approximate surface area is 126 Å². The van der Waals surface area contributed by atoms with E-state index >= 15 is 0 Å². The van der Waals surface area contributed by atoms with Crippen LogP contribution < -0.4 is 0 Å². The molecule has 0 fully saturated rings. The summed E-state index contributed by atoms with van der Waals surface area (Å²) in [6.45, 7) is 7.15. The number of hydrogen-bond acceptors (Lipinski definition) is 6. The minimum absolute atomic E-state index is 0.0597. The van der Waals surface area contributed by atoms with Crippen molar-refractivity contribution >= 4 is 17.9 Å². The Morgan fingerprint density at radius 2 is 0.952 bits per heavy atom. The van der Waals surface area contributed by atoms with Crippen LogP contribution in [0.3, 0.4) is 0 Å². The molecule has 0 bridgehead atoms. The van der Waals surface area contributed by atoms with Crippen molar-refractivity contribution in [3.8, 4) is 0 Å². The molecule has 0 saturated carbocycles. The first-order valence-electron chi connectivity index (χ1n) is 7.39. The molecule has 0 spiro atoms. The lowest BCUT2D eigenvalue weighted by Crippen LogP contribution is -2.39. The molecule has 0 aliphatic rings. The number of esters is 3. The number of rotatable bonds is 10. The minimum atomic E-state index is -0.694. The summed E-state index contributed by atoms with van der Waals surface area (Å²) in [5.41, 5.74) is -0.694. The maximum atomic E-state index is 11.3. The van der Waals surface area contributed by atoms with Crippen molar-refractivity contribution in [3.05, 3.63) is 0 Å². The fraction of sp³-hybridized carbons (Fsp3) is 0.800. The molecule has 122 valence electrons. The fourth-order valence-corrected chi connectivity index (χ4v) is 1.44. The highest BCUT2D eigenvalue weighted by Gasteiger charge is 2.33. The maximum absolute atomic E-state index is 11.3. The summed E-state index contributed by atoms with van der Waals surface area (Å²) in [7, 11) is 0. The van der Waals surface area contributed by atoms with Crippen LogP contribution in [-0.2, 0) is 28.6 Å². The zero-order valence-corrected chi connectivity index (χ0v) is 13.4. The van der Waals surface area contributed by atoms with Gasteiger partial charge in [-0.05, 0) is 6.42 Å². The molecular weight excluding hydrogens is 276 g/mol. The third kappa shape index (κ3) is 7.68. The van der Waals surface area contributed by atoms with Crippen molar-refractivity contribution in [1.82, 2.24) is 0 Å². The quantitative estimate of drug-likeness (QED) is 0.455. The smallest absolute Gasteiger partial charge is 0.305 e. The lowest BCUT2D eigenvalue weighted by molar-refractivity contribution is -0.161. The van der Waals surface area contributed by atoms with E-state index in [-0.39, 0.29) is 57.0 Å². The molecular formula is C15H26O6. The molecule has 0 rings (SSSR count). The monoisotopic (exact) mass is 302 g/mol. The van der Waals surface area contributed by atoms with E-state index in [4.69, 9.17) is 14.2 Å². The van der Waals surface area contributed by atoms with Gasteiger partial charge in [-0.1, -0.05) is 27.7 Å². The van der Waals surface area contributed by atoms with E-state index in [9.17, 15) is 14.4 Å². The van der Waals surface area contributed by atoms with Gasteiger partial charge in [-0.15, -0.1) is 0 Å². The van der Waals surface area contributed by atoms with Gasteiger partial charge in [-0.25, -0.2) is 0 Å². The Morgan fingerprint density at radius 1 is 0.667 bits per heavy atom. The van der Waals surface area contributed by atoms with Crippen molar-refractivity contribution in [2.75, 3.05) is 19.8 Å². The van der Waals surface area contributed by atoms with E-state index < -0.39 is 5.41 Å². The van der Waals surface area contributed by atoms with E-state index in [1.807, 2.05) is 6.92 Å².